The molecule has 0 bridgehead atoms. The van der Waals surface area contributed by atoms with Crippen molar-refractivity contribution >= 4 is 24.3 Å². The van der Waals surface area contributed by atoms with Crippen molar-refractivity contribution in [1.82, 2.24) is 10.6 Å². The Kier molecular flexibility index (Phi) is 13.4. The van der Waals surface area contributed by atoms with Gasteiger partial charge in [-0.1, -0.05) is 33.1 Å². The molecule has 0 amide bonds. The van der Waals surface area contributed by atoms with Crippen molar-refractivity contribution in [3.05, 3.63) is 0 Å². The van der Waals surface area contributed by atoms with Gasteiger partial charge in [0.15, 0.2) is 11.9 Å². The van der Waals surface area contributed by atoms with Crippen LogP contribution in [0, 0.1) is 5.41 Å². The number of halogens is 1. The summed E-state index contributed by atoms with van der Waals surface area (Å²) in [5, 5.41) is 13.2. The van der Waals surface area contributed by atoms with Gasteiger partial charge in [0.2, 0.25) is 0 Å². The minimum Gasteiger partial charge on any atom is -0.370 e. The minimum absolute atomic E-state index is 0. The third-order valence-electron chi connectivity index (χ3n) is 2.53. The number of aliphatic imine (C=N–C) groups is 1. The third-order valence-corrected chi connectivity index (χ3v) is 2.53. The maximum Gasteiger partial charge on any atom is 0.198 e. The molecule has 0 rings (SSSR count). The topological polar surface area (TPSA) is 86.3 Å². The number of rotatable bonds is 7. The average Bonchev–Trinajstić information content (AvgIpc) is 2.27. The fourth-order valence-electron chi connectivity index (χ4n) is 1.31. The van der Waals surface area contributed by atoms with Crippen molar-refractivity contribution in [2.75, 3.05) is 6.54 Å². The molecule has 0 saturated carbocycles. The molecule has 0 aliphatic carbocycles. The van der Waals surface area contributed by atoms with E-state index in [0.29, 0.717) is 12.0 Å². The lowest BCUT2D eigenvalue weighted by molar-refractivity contribution is 0.627. The summed E-state index contributed by atoms with van der Waals surface area (Å²) in [6.45, 7) is 7.15. The first-order valence-electron chi connectivity index (χ1n) is 6.52. The summed E-state index contributed by atoms with van der Waals surface area (Å²) in [5.74, 6) is 0.538. The highest BCUT2D eigenvalue weighted by molar-refractivity contribution is 5.96. The van der Waals surface area contributed by atoms with Crippen molar-refractivity contribution in [3.8, 4) is 0 Å². The lowest BCUT2D eigenvalue weighted by atomic mass is 10.2. The van der Waals surface area contributed by atoms with Crippen LogP contribution < -0.4 is 16.4 Å². The molecule has 1 atom stereocenters. The summed E-state index contributed by atoms with van der Waals surface area (Å²) < 4.78 is 0. The number of nitrogens with two attached hydrogens (primary N) is 1. The fourth-order valence-corrected chi connectivity index (χ4v) is 1.31. The first-order chi connectivity index (χ1) is 8.10. The van der Waals surface area contributed by atoms with Crippen LogP contribution in [0.1, 0.15) is 52.9 Å². The van der Waals surface area contributed by atoms with Crippen LogP contribution in [0.5, 0.6) is 0 Å². The van der Waals surface area contributed by atoms with E-state index in [2.05, 4.69) is 36.4 Å². The Bertz CT molecular complexity index is 243. The molecule has 0 aliphatic heterocycles. The van der Waals surface area contributed by atoms with Crippen LogP contribution in [0.3, 0.4) is 0 Å². The Morgan fingerprint density at radius 3 is 2.44 bits per heavy atom. The van der Waals surface area contributed by atoms with Crippen molar-refractivity contribution < 1.29 is 0 Å². The van der Waals surface area contributed by atoms with Crippen molar-refractivity contribution in [2.24, 2.45) is 10.7 Å². The summed E-state index contributed by atoms with van der Waals surface area (Å²) in [5.41, 5.74) is 5.31. The highest BCUT2D eigenvalue weighted by atomic mass is 35.5. The molecule has 1 unspecified atom stereocenters. The lowest BCUT2D eigenvalue weighted by Gasteiger charge is -2.16. The molecule has 6 heteroatoms. The van der Waals surface area contributed by atoms with Gasteiger partial charge in [0.25, 0.3) is 0 Å². The van der Waals surface area contributed by atoms with Crippen LogP contribution in [0.25, 0.3) is 0 Å². The summed E-state index contributed by atoms with van der Waals surface area (Å²) >= 11 is 0. The lowest BCUT2D eigenvalue weighted by Crippen LogP contribution is -2.47. The molecule has 0 aromatic rings. The van der Waals surface area contributed by atoms with Gasteiger partial charge in [0.1, 0.15) is 0 Å². The molecule has 18 heavy (non-hydrogen) atoms. The van der Waals surface area contributed by atoms with Crippen LogP contribution >= 0.6 is 12.4 Å². The van der Waals surface area contributed by atoms with E-state index in [1.54, 1.807) is 0 Å². The SMILES string of the molecule is CCCCCCN=C(NC(=N)N)NC(C)CC.Cl. The van der Waals surface area contributed by atoms with Gasteiger partial charge in [-0.3, -0.25) is 15.7 Å². The quantitative estimate of drug-likeness (QED) is 0.327. The third kappa shape index (κ3) is 11.5. The van der Waals surface area contributed by atoms with Crippen molar-refractivity contribution in [2.45, 2.75) is 58.9 Å². The van der Waals surface area contributed by atoms with E-state index >= 15 is 0 Å². The van der Waals surface area contributed by atoms with E-state index < -0.39 is 0 Å². The Balaban J connectivity index is 0. The highest BCUT2D eigenvalue weighted by Gasteiger charge is 2.03. The van der Waals surface area contributed by atoms with Crippen LogP contribution in [0.2, 0.25) is 0 Å². The Morgan fingerprint density at radius 2 is 1.94 bits per heavy atom. The van der Waals surface area contributed by atoms with E-state index in [1.807, 2.05) is 0 Å². The molecule has 0 spiro atoms. The first-order valence-corrected chi connectivity index (χ1v) is 6.52. The van der Waals surface area contributed by atoms with E-state index in [4.69, 9.17) is 11.1 Å². The molecule has 0 aromatic carbocycles. The van der Waals surface area contributed by atoms with Crippen LogP contribution in [-0.2, 0) is 0 Å². The number of hydrogen-bond donors (Lipinski definition) is 4. The Labute approximate surface area is 117 Å². The normalized spacial score (nSPS) is 12.5. The van der Waals surface area contributed by atoms with Gasteiger partial charge in [-0.25, -0.2) is 0 Å². The summed E-state index contributed by atoms with van der Waals surface area (Å²) in [6, 6.07) is 0.330. The highest BCUT2D eigenvalue weighted by Crippen LogP contribution is 1.98. The molecule has 0 aromatic heterocycles. The van der Waals surface area contributed by atoms with E-state index in [0.717, 1.165) is 19.4 Å². The van der Waals surface area contributed by atoms with Crippen LogP contribution in [0.15, 0.2) is 4.99 Å². The van der Waals surface area contributed by atoms with Gasteiger partial charge in [0.05, 0.1) is 0 Å². The maximum absolute atomic E-state index is 7.22. The average molecular weight is 278 g/mol. The second-order valence-electron chi connectivity index (χ2n) is 4.28. The van der Waals surface area contributed by atoms with Gasteiger partial charge in [-0.2, -0.15) is 0 Å². The smallest absolute Gasteiger partial charge is 0.198 e. The van der Waals surface area contributed by atoms with Gasteiger partial charge in [-0.05, 0) is 19.8 Å². The predicted molar refractivity (Wildman–Crippen MR) is 81.6 cm³/mol. The molecule has 5 N–H and O–H groups in total. The molecule has 5 nitrogen and oxygen atoms in total. The summed E-state index contributed by atoms with van der Waals surface area (Å²) in [6.07, 6.45) is 5.78. The largest absolute Gasteiger partial charge is 0.370 e. The number of nitrogens with zero attached hydrogens (tertiary/aromatic N) is 1. The van der Waals surface area contributed by atoms with Gasteiger partial charge in [-0.15, -0.1) is 12.4 Å². The molecule has 0 heterocycles. The number of hydrogen-bond acceptors (Lipinski definition) is 2. The fraction of sp³-hybridized carbons (Fsp3) is 0.833. The Morgan fingerprint density at radius 1 is 1.28 bits per heavy atom. The minimum atomic E-state index is -0.0758. The zero-order valence-corrected chi connectivity index (χ0v) is 12.6. The number of guanidine groups is 2. The number of unbranched alkanes of at least 4 members (excludes halogenated alkanes) is 3. The first kappa shape index (κ1) is 19.4. The molecular formula is C12H28ClN5. The molecule has 108 valence electrons. The number of nitrogens with one attached hydrogen (secondary N) is 3. The van der Waals surface area contributed by atoms with Gasteiger partial charge < -0.3 is 11.1 Å². The second kappa shape index (κ2) is 12.5. The summed E-state index contributed by atoms with van der Waals surface area (Å²) in [4.78, 5) is 4.40. The van der Waals surface area contributed by atoms with Crippen molar-refractivity contribution in [3.63, 3.8) is 0 Å². The molecule has 0 saturated heterocycles. The van der Waals surface area contributed by atoms with E-state index in [-0.39, 0.29) is 18.4 Å². The zero-order valence-electron chi connectivity index (χ0n) is 11.8. The van der Waals surface area contributed by atoms with Crippen molar-refractivity contribution in [1.29, 1.82) is 5.41 Å². The molecule has 0 fully saturated rings. The standard InChI is InChI=1S/C12H27N5.ClH/c1-4-6-7-8-9-15-12(17-11(13)14)16-10(3)5-2;/h10H,4-9H2,1-3H3,(H5,13,14,15,16,17);1H. The van der Waals surface area contributed by atoms with Crippen LogP contribution in [-0.4, -0.2) is 24.5 Å². The van der Waals surface area contributed by atoms with Gasteiger partial charge in [0, 0.05) is 12.6 Å². The zero-order chi connectivity index (χ0) is 13.1. The summed E-state index contributed by atoms with van der Waals surface area (Å²) in [7, 11) is 0. The van der Waals surface area contributed by atoms with Crippen LogP contribution in [0.4, 0.5) is 0 Å². The second-order valence-corrected chi connectivity index (χ2v) is 4.28. The Hall–Kier alpha value is -0.970. The van der Waals surface area contributed by atoms with E-state index in [1.165, 1.54) is 19.3 Å². The van der Waals surface area contributed by atoms with Gasteiger partial charge >= 0.3 is 0 Å². The molecule has 0 radical (unpaired) electrons. The molecule has 0 aliphatic rings. The monoisotopic (exact) mass is 277 g/mol. The maximum atomic E-state index is 7.22. The predicted octanol–water partition coefficient (Wildman–Crippen LogP) is 2.22. The van der Waals surface area contributed by atoms with E-state index in [9.17, 15) is 0 Å². The molecular weight excluding hydrogens is 250 g/mol.